The summed E-state index contributed by atoms with van der Waals surface area (Å²) >= 11 is 6.20. The van der Waals surface area contributed by atoms with Gasteiger partial charge in [-0.1, -0.05) is 48.9 Å². The Hall–Kier alpha value is -3.77. The van der Waals surface area contributed by atoms with Crippen LogP contribution in [0, 0.1) is 0 Å². The first-order chi connectivity index (χ1) is 17.9. The predicted octanol–water partition coefficient (Wildman–Crippen LogP) is 6.67. The van der Waals surface area contributed by atoms with Gasteiger partial charge in [-0.3, -0.25) is 14.5 Å². The maximum atomic E-state index is 14.0. The fraction of sp³-hybridized carbons (Fsp3) is 0.267. The average molecular weight is 517 g/mol. The minimum atomic E-state index is -0.560. The SMILES string of the molecule is CCC(=O)N1c2ccccc2NC2=C(C(=O)C[C@@H](c3ccc(OC)c(OC)c3)C2)[C@@H]1c1ccc(Cl)cc1. The van der Waals surface area contributed by atoms with Crippen LogP contribution in [0.15, 0.2) is 78.0 Å². The van der Waals surface area contributed by atoms with Crippen LogP contribution >= 0.6 is 11.6 Å². The Kier molecular flexibility index (Phi) is 6.94. The highest BCUT2D eigenvalue weighted by Crippen LogP contribution is 2.48. The summed E-state index contributed by atoms with van der Waals surface area (Å²) in [5, 5.41) is 4.14. The van der Waals surface area contributed by atoms with Gasteiger partial charge in [-0.15, -0.1) is 0 Å². The molecule has 2 atom stereocenters. The smallest absolute Gasteiger partial charge is 0.227 e. The Balaban J connectivity index is 1.67. The molecule has 0 radical (unpaired) electrons. The van der Waals surface area contributed by atoms with E-state index in [4.69, 9.17) is 21.1 Å². The Labute approximate surface area is 221 Å². The van der Waals surface area contributed by atoms with Crippen LogP contribution in [0.2, 0.25) is 5.02 Å². The van der Waals surface area contributed by atoms with Crippen LogP contribution in [0.5, 0.6) is 11.5 Å². The van der Waals surface area contributed by atoms with Gasteiger partial charge in [-0.05, 0) is 59.9 Å². The van der Waals surface area contributed by atoms with Crippen molar-refractivity contribution in [1.82, 2.24) is 0 Å². The number of Topliss-reactive ketones (excluding diaryl/α,β-unsaturated/α-hetero) is 1. The molecule has 1 aliphatic carbocycles. The van der Waals surface area contributed by atoms with Crippen molar-refractivity contribution < 1.29 is 19.1 Å². The average Bonchev–Trinajstić information content (AvgIpc) is 3.07. The Morgan fingerprint density at radius 3 is 2.38 bits per heavy atom. The van der Waals surface area contributed by atoms with Crippen molar-refractivity contribution in [3.63, 3.8) is 0 Å². The minimum Gasteiger partial charge on any atom is -0.493 e. The first-order valence-electron chi connectivity index (χ1n) is 12.4. The molecule has 37 heavy (non-hydrogen) atoms. The van der Waals surface area contributed by atoms with Gasteiger partial charge in [0.25, 0.3) is 0 Å². The highest BCUT2D eigenvalue weighted by molar-refractivity contribution is 6.30. The Morgan fingerprint density at radius 2 is 1.68 bits per heavy atom. The van der Waals surface area contributed by atoms with Gasteiger partial charge in [-0.2, -0.15) is 0 Å². The summed E-state index contributed by atoms with van der Waals surface area (Å²) < 4.78 is 10.9. The molecule has 3 aromatic rings. The topological polar surface area (TPSA) is 67.9 Å². The molecule has 0 fully saturated rings. The van der Waals surface area contributed by atoms with Gasteiger partial charge < -0.3 is 14.8 Å². The summed E-state index contributed by atoms with van der Waals surface area (Å²) in [5.74, 6) is 1.18. The molecule has 1 amide bonds. The lowest BCUT2D eigenvalue weighted by atomic mass is 9.78. The van der Waals surface area contributed by atoms with Crippen LogP contribution in [0.25, 0.3) is 0 Å². The summed E-state index contributed by atoms with van der Waals surface area (Å²) in [6.45, 7) is 1.84. The number of halogens is 1. The zero-order valence-corrected chi connectivity index (χ0v) is 21.8. The van der Waals surface area contributed by atoms with Gasteiger partial charge in [0.05, 0.1) is 31.6 Å². The normalized spacial score (nSPS) is 18.9. The molecule has 190 valence electrons. The van der Waals surface area contributed by atoms with Crippen LogP contribution < -0.4 is 19.7 Å². The van der Waals surface area contributed by atoms with Crippen molar-refractivity contribution >= 4 is 34.7 Å². The number of methoxy groups -OCH3 is 2. The maximum Gasteiger partial charge on any atom is 0.227 e. The molecule has 1 heterocycles. The van der Waals surface area contributed by atoms with Crippen molar-refractivity contribution in [2.75, 3.05) is 24.4 Å². The lowest BCUT2D eigenvalue weighted by Crippen LogP contribution is -2.38. The molecule has 0 unspecified atom stereocenters. The second kappa shape index (κ2) is 10.3. The fourth-order valence-electron chi connectivity index (χ4n) is 5.34. The molecule has 3 aromatic carbocycles. The molecule has 0 aromatic heterocycles. The van der Waals surface area contributed by atoms with E-state index in [-0.39, 0.29) is 17.6 Å². The number of ether oxygens (including phenoxy) is 2. The molecule has 1 N–H and O–H groups in total. The van der Waals surface area contributed by atoms with E-state index in [0.29, 0.717) is 41.4 Å². The van der Waals surface area contributed by atoms with E-state index in [1.165, 1.54) is 0 Å². The minimum absolute atomic E-state index is 0.00944. The third-order valence-electron chi connectivity index (χ3n) is 7.12. The highest BCUT2D eigenvalue weighted by atomic mass is 35.5. The molecule has 6 nitrogen and oxygen atoms in total. The predicted molar refractivity (Wildman–Crippen MR) is 146 cm³/mol. The van der Waals surface area contributed by atoms with Crippen molar-refractivity contribution in [3.05, 3.63) is 94.1 Å². The van der Waals surface area contributed by atoms with E-state index >= 15 is 0 Å². The van der Waals surface area contributed by atoms with E-state index in [0.717, 1.165) is 28.2 Å². The van der Waals surface area contributed by atoms with Crippen LogP contribution in [0.4, 0.5) is 11.4 Å². The number of carbonyl (C=O) groups excluding carboxylic acids is 2. The molecular weight excluding hydrogens is 488 g/mol. The lowest BCUT2D eigenvalue weighted by Gasteiger charge is -2.35. The van der Waals surface area contributed by atoms with Gasteiger partial charge in [0, 0.05) is 29.1 Å². The zero-order chi connectivity index (χ0) is 26.1. The molecule has 0 spiro atoms. The number of para-hydroxylation sites is 2. The summed E-state index contributed by atoms with van der Waals surface area (Å²) in [6.07, 6.45) is 1.25. The number of benzene rings is 3. The largest absolute Gasteiger partial charge is 0.493 e. The number of carbonyl (C=O) groups is 2. The summed E-state index contributed by atoms with van der Waals surface area (Å²) in [5.41, 5.74) is 4.84. The van der Waals surface area contributed by atoms with E-state index in [1.54, 1.807) is 31.3 Å². The quantitative estimate of drug-likeness (QED) is 0.410. The fourth-order valence-corrected chi connectivity index (χ4v) is 5.46. The van der Waals surface area contributed by atoms with Crippen molar-refractivity contribution in [1.29, 1.82) is 0 Å². The van der Waals surface area contributed by atoms with Crippen LogP contribution in [-0.2, 0) is 9.59 Å². The molecule has 7 heteroatoms. The van der Waals surface area contributed by atoms with E-state index < -0.39 is 6.04 Å². The van der Waals surface area contributed by atoms with Gasteiger partial charge >= 0.3 is 0 Å². The van der Waals surface area contributed by atoms with Crippen LogP contribution in [0.1, 0.15) is 49.3 Å². The summed E-state index contributed by atoms with van der Waals surface area (Å²) in [7, 11) is 3.21. The molecular formula is C30H29ClN2O4. The van der Waals surface area contributed by atoms with E-state index in [2.05, 4.69) is 5.32 Å². The number of fused-ring (bicyclic) bond motifs is 1. The van der Waals surface area contributed by atoms with Crippen molar-refractivity contribution in [2.45, 2.75) is 38.1 Å². The molecule has 0 bridgehead atoms. The first kappa shape index (κ1) is 24.9. The maximum absolute atomic E-state index is 14.0. The number of nitrogens with zero attached hydrogens (tertiary/aromatic N) is 1. The Morgan fingerprint density at radius 1 is 0.973 bits per heavy atom. The van der Waals surface area contributed by atoms with Crippen molar-refractivity contribution in [2.24, 2.45) is 0 Å². The third kappa shape index (κ3) is 4.58. The molecule has 0 saturated carbocycles. The number of hydrogen-bond donors (Lipinski definition) is 1. The highest BCUT2D eigenvalue weighted by Gasteiger charge is 2.41. The van der Waals surface area contributed by atoms with E-state index in [1.807, 2.05) is 61.5 Å². The standard InChI is InChI=1S/C30H29ClN2O4/c1-4-28(35)33-24-8-6-5-7-22(24)32-23-15-20(19-11-14-26(36-2)27(17-19)37-3)16-25(34)29(23)30(33)18-9-12-21(31)13-10-18/h5-14,17,20,30,32H,4,15-16H2,1-3H3/t20-,30-/m0/s1. The number of hydrogen-bond acceptors (Lipinski definition) is 5. The number of nitrogens with one attached hydrogen (secondary N) is 1. The second-order valence-corrected chi connectivity index (χ2v) is 9.68. The molecule has 5 rings (SSSR count). The monoisotopic (exact) mass is 516 g/mol. The third-order valence-corrected chi connectivity index (χ3v) is 7.38. The summed E-state index contributed by atoms with van der Waals surface area (Å²) in [4.78, 5) is 29.2. The van der Waals surface area contributed by atoms with E-state index in [9.17, 15) is 9.59 Å². The molecule has 2 aliphatic rings. The number of anilines is 2. The summed E-state index contributed by atoms with van der Waals surface area (Å²) in [6, 6.07) is 20.4. The lowest BCUT2D eigenvalue weighted by molar-refractivity contribution is -0.119. The molecule has 1 aliphatic heterocycles. The number of allylic oxidation sites excluding steroid dienone is 1. The van der Waals surface area contributed by atoms with Crippen molar-refractivity contribution in [3.8, 4) is 11.5 Å². The number of amides is 1. The van der Waals surface area contributed by atoms with Gasteiger partial charge in [0.1, 0.15) is 0 Å². The molecule has 0 saturated heterocycles. The number of ketones is 1. The first-order valence-corrected chi connectivity index (χ1v) is 12.7. The van der Waals surface area contributed by atoms with Crippen LogP contribution in [-0.4, -0.2) is 25.9 Å². The Bertz CT molecular complexity index is 1380. The van der Waals surface area contributed by atoms with Gasteiger partial charge in [0.15, 0.2) is 17.3 Å². The number of rotatable bonds is 5. The van der Waals surface area contributed by atoms with Gasteiger partial charge in [-0.25, -0.2) is 0 Å². The van der Waals surface area contributed by atoms with Crippen LogP contribution in [0.3, 0.4) is 0 Å². The zero-order valence-electron chi connectivity index (χ0n) is 21.1. The second-order valence-electron chi connectivity index (χ2n) is 9.25. The van der Waals surface area contributed by atoms with Gasteiger partial charge in [0.2, 0.25) is 5.91 Å².